The monoisotopic (exact) mass is 342 g/mol. The van der Waals surface area contributed by atoms with Crippen LogP contribution in [-0.4, -0.2) is 30.8 Å². The minimum atomic E-state index is 0.168. The van der Waals surface area contributed by atoms with E-state index in [1.54, 1.807) is 0 Å². The van der Waals surface area contributed by atoms with E-state index in [0.717, 1.165) is 17.4 Å². The highest BCUT2D eigenvalue weighted by molar-refractivity contribution is 9.10. The van der Waals surface area contributed by atoms with Gasteiger partial charge >= 0.3 is 0 Å². The highest BCUT2D eigenvalue weighted by Gasteiger charge is 2.17. The second-order valence-corrected chi connectivity index (χ2v) is 6.31. The Balaban J connectivity index is 3.10. The molecule has 0 heterocycles. The topological polar surface area (TPSA) is 35.5 Å². The van der Waals surface area contributed by atoms with Crippen LogP contribution in [0, 0.1) is 0 Å². The van der Waals surface area contributed by atoms with Crippen molar-refractivity contribution in [1.82, 2.24) is 5.32 Å². The molecule has 0 fully saturated rings. The van der Waals surface area contributed by atoms with Gasteiger partial charge in [0.15, 0.2) is 0 Å². The van der Waals surface area contributed by atoms with E-state index in [0.29, 0.717) is 18.6 Å². The van der Waals surface area contributed by atoms with Gasteiger partial charge in [-0.25, -0.2) is 0 Å². The minimum absolute atomic E-state index is 0.168. The predicted octanol–water partition coefficient (Wildman–Crippen LogP) is 3.72. The van der Waals surface area contributed by atoms with E-state index in [9.17, 15) is 5.11 Å². The van der Waals surface area contributed by atoms with Crippen molar-refractivity contribution in [2.75, 3.05) is 24.6 Å². The molecular formula is C16H27BrN2O. The zero-order chi connectivity index (χ0) is 15.1. The SMILES string of the molecule is CCCNC(C)c1ccc(Br)cc1N(CCO)C(C)C. The second-order valence-electron chi connectivity index (χ2n) is 5.39. The molecule has 0 spiro atoms. The zero-order valence-corrected chi connectivity index (χ0v) is 14.6. The van der Waals surface area contributed by atoms with Gasteiger partial charge in [0.2, 0.25) is 0 Å². The van der Waals surface area contributed by atoms with Crippen molar-refractivity contribution in [3.63, 3.8) is 0 Å². The number of nitrogens with one attached hydrogen (secondary N) is 1. The number of nitrogens with zero attached hydrogens (tertiary/aromatic N) is 1. The number of aliphatic hydroxyl groups is 1. The Labute approximate surface area is 131 Å². The molecule has 1 rings (SSSR count). The Hall–Kier alpha value is -0.580. The molecule has 4 heteroatoms. The van der Waals surface area contributed by atoms with E-state index in [-0.39, 0.29) is 6.61 Å². The largest absolute Gasteiger partial charge is 0.395 e. The van der Waals surface area contributed by atoms with Crippen LogP contribution in [-0.2, 0) is 0 Å². The molecule has 1 aromatic carbocycles. The smallest absolute Gasteiger partial charge is 0.0606 e. The van der Waals surface area contributed by atoms with Crippen molar-refractivity contribution < 1.29 is 5.11 Å². The van der Waals surface area contributed by atoms with Gasteiger partial charge in [-0.2, -0.15) is 0 Å². The van der Waals surface area contributed by atoms with Crippen LogP contribution in [0.25, 0.3) is 0 Å². The van der Waals surface area contributed by atoms with Crippen LogP contribution in [0.15, 0.2) is 22.7 Å². The maximum Gasteiger partial charge on any atom is 0.0606 e. The molecule has 20 heavy (non-hydrogen) atoms. The molecule has 3 nitrogen and oxygen atoms in total. The Kier molecular flexibility index (Phi) is 7.56. The highest BCUT2D eigenvalue weighted by atomic mass is 79.9. The molecule has 0 aliphatic carbocycles. The normalized spacial score (nSPS) is 12.8. The number of benzene rings is 1. The number of hydrogen-bond acceptors (Lipinski definition) is 3. The molecule has 0 saturated carbocycles. The Morgan fingerprint density at radius 2 is 2.00 bits per heavy atom. The van der Waals surface area contributed by atoms with E-state index < -0.39 is 0 Å². The van der Waals surface area contributed by atoms with Gasteiger partial charge in [0.1, 0.15) is 0 Å². The first-order valence-corrected chi connectivity index (χ1v) is 8.20. The summed E-state index contributed by atoms with van der Waals surface area (Å²) in [6, 6.07) is 7.06. The zero-order valence-electron chi connectivity index (χ0n) is 13.0. The van der Waals surface area contributed by atoms with Crippen molar-refractivity contribution in [2.24, 2.45) is 0 Å². The summed E-state index contributed by atoms with van der Waals surface area (Å²) in [7, 11) is 0. The first kappa shape index (κ1) is 17.5. The van der Waals surface area contributed by atoms with Crippen molar-refractivity contribution in [2.45, 2.75) is 46.2 Å². The van der Waals surface area contributed by atoms with Crippen molar-refractivity contribution >= 4 is 21.6 Å². The molecule has 0 aliphatic rings. The van der Waals surface area contributed by atoms with Crippen molar-refractivity contribution in [3.05, 3.63) is 28.2 Å². The Morgan fingerprint density at radius 1 is 1.30 bits per heavy atom. The fourth-order valence-corrected chi connectivity index (χ4v) is 2.72. The quantitative estimate of drug-likeness (QED) is 0.755. The van der Waals surface area contributed by atoms with Crippen LogP contribution < -0.4 is 10.2 Å². The van der Waals surface area contributed by atoms with Crippen molar-refractivity contribution in [3.8, 4) is 0 Å². The van der Waals surface area contributed by atoms with Gasteiger partial charge in [-0.1, -0.05) is 28.9 Å². The molecule has 0 saturated heterocycles. The molecule has 1 atom stereocenters. The molecule has 1 aromatic rings. The van der Waals surface area contributed by atoms with E-state index >= 15 is 0 Å². The molecule has 2 N–H and O–H groups in total. The van der Waals surface area contributed by atoms with E-state index in [4.69, 9.17) is 0 Å². The van der Waals surface area contributed by atoms with Crippen LogP contribution in [0.5, 0.6) is 0 Å². The Bertz CT molecular complexity index is 409. The van der Waals surface area contributed by atoms with Crippen LogP contribution in [0.1, 0.15) is 45.7 Å². The van der Waals surface area contributed by atoms with Gasteiger partial charge in [0, 0.05) is 28.8 Å². The van der Waals surface area contributed by atoms with Crippen LogP contribution >= 0.6 is 15.9 Å². The fourth-order valence-electron chi connectivity index (χ4n) is 2.37. The summed E-state index contributed by atoms with van der Waals surface area (Å²) in [6.45, 7) is 10.5. The van der Waals surface area contributed by atoms with Gasteiger partial charge in [0.25, 0.3) is 0 Å². The van der Waals surface area contributed by atoms with E-state index in [1.807, 2.05) is 0 Å². The van der Waals surface area contributed by atoms with E-state index in [2.05, 4.69) is 72.0 Å². The van der Waals surface area contributed by atoms with Gasteiger partial charge in [0.05, 0.1) is 6.61 Å². The second kappa shape index (κ2) is 8.65. The van der Waals surface area contributed by atoms with Gasteiger partial charge in [-0.3, -0.25) is 0 Å². The molecule has 0 radical (unpaired) electrons. The summed E-state index contributed by atoms with van der Waals surface area (Å²) in [4.78, 5) is 2.25. The average Bonchev–Trinajstić information content (AvgIpc) is 2.41. The molecule has 0 amide bonds. The summed E-state index contributed by atoms with van der Waals surface area (Å²) in [5, 5.41) is 12.9. The van der Waals surface area contributed by atoms with Gasteiger partial charge in [-0.05, 0) is 51.4 Å². The maximum absolute atomic E-state index is 9.32. The first-order valence-electron chi connectivity index (χ1n) is 7.41. The molecular weight excluding hydrogens is 316 g/mol. The fraction of sp³-hybridized carbons (Fsp3) is 0.625. The lowest BCUT2D eigenvalue weighted by Crippen LogP contribution is -2.35. The number of aliphatic hydroxyl groups excluding tert-OH is 1. The predicted molar refractivity (Wildman–Crippen MR) is 90.4 cm³/mol. The van der Waals surface area contributed by atoms with Crippen LogP contribution in [0.3, 0.4) is 0 Å². The molecule has 0 aliphatic heterocycles. The first-order chi connectivity index (χ1) is 9.51. The van der Waals surface area contributed by atoms with Crippen LogP contribution in [0.2, 0.25) is 0 Å². The third-order valence-corrected chi connectivity index (χ3v) is 3.93. The lowest BCUT2D eigenvalue weighted by Gasteiger charge is -2.32. The van der Waals surface area contributed by atoms with Crippen LogP contribution in [0.4, 0.5) is 5.69 Å². The maximum atomic E-state index is 9.32. The molecule has 0 aromatic heterocycles. The third kappa shape index (κ3) is 4.76. The number of rotatable bonds is 8. The number of hydrogen-bond donors (Lipinski definition) is 2. The number of anilines is 1. The minimum Gasteiger partial charge on any atom is -0.395 e. The van der Waals surface area contributed by atoms with Gasteiger partial charge in [-0.15, -0.1) is 0 Å². The lowest BCUT2D eigenvalue weighted by atomic mass is 10.0. The Morgan fingerprint density at radius 3 is 2.55 bits per heavy atom. The lowest BCUT2D eigenvalue weighted by molar-refractivity contribution is 0.299. The third-order valence-electron chi connectivity index (χ3n) is 3.43. The van der Waals surface area contributed by atoms with E-state index in [1.165, 1.54) is 11.3 Å². The van der Waals surface area contributed by atoms with Crippen molar-refractivity contribution in [1.29, 1.82) is 0 Å². The number of halogens is 1. The summed E-state index contributed by atoms with van der Waals surface area (Å²) in [6.07, 6.45) is 1.13. The summed E-state index contributed by atoms with van der Waals surface area (Å²) in [5.74, 6) is 0. The summed E-state index contributed by atoms with van der Waals surface area (Å²) < 4.78 is 1.07. The summed E-state index contributed by atoms with van der Waals surface area (Å²) >= 11 is 3.56. The molecule has 0 bridgehead atoms. The summed E-state index contributed by atoms with van der Waals surface area (Å²) in [5.41, 5.74) is 2.48. The van der Waals surface area contributed by atoms with Gasteiger partial charge < -0.3 is 15.3 Å². The molecule has 1 unspecified atom stereocenters. The molecule has 114 valence electrons. The standard InChI is InChI=1S/C16H27BrN2O/c1-5-8-18-13(4)15-7-6-14(17)11-16(15)19(9-10-20)12(2)3/h6-7,11-13,18,20H,5,8-10H2,1-4H3. The average molecular weight is 343 g/mol. The highest BCUT2D eigenvalue weighted by Crippen LogP contribution is 2.31.